The summed E-state index contributed by atoms with van der Waals surface area (Å²) in [4.78, 5) is 2.48. The zero-order valence-corrected chi connectivity index (χ0v) is 11.1. The molecule has 2 N–H and O–H groups in total. The van der Waals surface area contributed by atoms with E-state index in [2.05, 4.69) is 24.2 Å². The molecule has 0 bridgehead atoms. The van der Waals surface area contributed by atoms with Crippen LogP contribution >= 0.6 is 0 Å². The Bertz CT molecular complexity index is 175. The SMILES string of the molecule is CNC(CO)CCN(C)C1CCC(C)CC1. The lowest BCUT2D eigenvalue weighted by atomic mass is 9.86. The molecule has 1 fully saturated rings. The van der Waals surface area contributed by atoms with Gasteiger partial charge in [0.15, 0.2) is 0 Å². The van der Waals surface area contributed by atoms with E-state index in [0.717, 1.165) is 24.9 Å². The van der Waals surface area contributed by atoms with E-state index in [1.54, 1.807) is 0 Å². The van der Waals surface area contributed by atoms with E-state index in [0.29, 0.717) is 0 Å². The number of hydrogen-bond acceptors (Lipinski definition) is 3. The maximum Gasteiger partial charge on any atom is 0.0585 e. The molecule has 1 rings (SSSR count). The summed E-state index contributed by atoms with van der Waals surface area (Å²) in [6.45, 7) is 3.69. The Morgan fingerprint density at radius 3 is 2.44 bits per heavy atom. The van der Waals surface area contributed by atoms with Crippen LogP contribution in [-0.4, -0.2) is 49.3 Å². The van der Waals surface area contributed by atoms with E-state index in [1.807, 2.05) is 7.05 Å². The van der Waals surface area contributed by atoms with Crippen LogP contribution in [0.1, 0.15) is 39.0 Å². The number of nitrogens with zero attached hydrogens (tertiary/aromatic N) is 1. The summed E-state index contributed by atoms with van der Waals surface area (Å²) in [5.41, 5.74) is 0. The van der Waals surface area contributed by atoms with Gasteiger partial charge in [-0.1, -0.05) is 6.92 Å². The zero-order chi connectivity index (χ0) is 12.0. The third kappa shape index (κ3) is 4.40. The average molecular weight is 228 g/mol. The molecule has 0 aliphatic heterocycles. The number of rotatable bonds is 6. The molecular formula is C13H28N2O. The molecule has 0 spiro atoms. The number of likely N-dealkylation sites (N-methyl/N-ethyl adjacent to an activating group) is 1. The summed E-state index contributed by atoms with van der Waals surface area (Å²) in [7, 11) is 4.15. The highest BCUT2D eigenvalue weighted by molar-refractivity contribution is 4.77. The van der Waals surface area contributed by atoms with Gasteiger partial charge in [-0.3, -0.25) is 0 Å². The Kier molecular flexibility index (Phi) is 6.32. The molecule has 1 aliphatic carbocycles. The van der Waals surface area contributed by atoms with Crippen LogP contribution in [0.15, 0.2) is 0 Å². The van der Waals surface area contributed by atoms with Crippen molar-refractivity contribution in [2.45, 2.75) is 51.1 Å². The first-order valence-electron chi connectivity index (χ1n) is 6.65. The number of aliphatic hydroxyl groups excluding tert-OH is 1. The Morgan fingerprint density at radius 1 is 1.31 bits per heavy atom. The molecule has 1 atom stereocenters. The third-order valence-electron chi connectivity index (χ3n) is 4.07. The summed E-state index contributed by atoms with van der Waals surface area (Å²) >= 11 is 0. The highest BCUT2D eigenvalue weighted by Crippen LogP contribution is 2.26. The van der Waals surface area contributed by atoms with Crippen LogP contribution in [0.2, 0.25) is 0 Å². The Labute approximate surface area is 100 Å². The Morgan fingerprint density at radius 2 is 1.94 bits per heavy atom. The van der Waals surface area contributed by atoms with E-state index in [9.17, 15) is 0 Å². The van der Waals surface area contributed by atoms with Gasteiger partial charge in [-0.15, -0.1) is 0 Å². The minimum Gasteiger partial charge on any atom is -0.395 e. The van der Waals surface area contributed by atoms with E-state index in [1.165, 1.54) is 25.7 Å². The van der Waals surface area contributed by atoms with Crippen LogP contribution in [0, 0.1) is 5.92 Å². The van der Waals surface area contributed by atoms with Crippen molar-refractivity contribution in [3.63, 3.8) is 0 Å². The van der Waals surface area contributed by atoms with Crippen molar-refractivity contribution < 1.29 is 5.11 Å². The third-order valence-corrected chi connectivity index (χ3v) is 4.07. The molecule has 0 aromatic heterocycles. The second kappa shape index (κ2) is 7.25. The smallest absolute Gasteiger partial charge is 0.0585 e. The topological polar surface area (TPSA) is 35.5 Å². The molecule has 1 saturated carbocycles. The van der Waals surface area contributed by atoms with Gasteiger partial charge in [0.25, 0.3) is 0 Å². The zero-order valence-electron chi connectivity index (χ0n) is 11.1. The summed E-state index contributed by atoms with van der Waals surface area (Å²) in [5.74, 6) is 0.923. The monoisotopic (exact) mass is 228 g/mol. The second-order valence-corrected chi connectivity index (χ2v) is 5.35. The summed E-state index contributed by atoms with van der Waals surface area (Å²) in [6.07, 6.45) is 6.49. The van der Waals surface area contributed by atoms with Crippen LogP contribution < -0.4 is 5.32 Å². The maximum absolute atomic E-state index is 9.10. The molecule has 3 nitrogen and oxygen atoms in total. The number of nitrogens with one attached hydrogen (secondary N) is 1. The lowest BCUT2D eigenvalue weighted by Gasteiger charge is -2.34. The van der Waals surface area contributed by atoms with Gasteiger partial charge in [0.2, 0.25) is 0 Å². The second-order valence-electron chi connectivity index (χ2n) is 5.35. The molecule has 16 heavy (non-hydrogen) atoms. The average Bonchev–Trinajstić information content (AvgIpc) is 2.31. The molecule has 96 valence electrons. The van der Waals surface area contributed by atoms with Gasteiger partial charge in [0.1, 0.15) is 0 Å². The first-order chi connectivity index (χ1) is 7.67. The lowest BCUT2D eigenvalue weighted by Crippen LogP contribution is -2.39. The highest BCUT2D eigenvalue weighted by atomic mass is 16.3. The lowest BCUT2D eigenvalue weighted by molar-refractivity contribution is 0.155. The molecule has 0 aromatic rings. The predicted octanol–water partition coefficient (Wildman–Crippen LogP) is 1.47. The van der Waals surface area contributed by atoms with Gasteiger partial charge < -0.3 is 15.3 Å². The van der Waals surface area contributed by atoms with Crippen molar-refractivity contribution >= 4 is 0 Å². The van der Waals surface area contributed by atoms with Crippen molar-refractivity contribution in [2.24, 2.45) is 5.92 Å². The molecule has 1 aliphatic rings. The van der Waals surface area contributed by atoms with Gasteiger partial charge in [-0.05, 0) is 58.7 Å². The van der Waals surface area contributed by atoms with Crippen molar-refractivity contribution in [1.82, 2.24) is 10.2 Å². The Hall–Kier alpha value is -0.120. The standard InChI is InChI=1S/C13H28N2O/c1-11-4-6-13(7-5-11)15(3)9-8-12(10-16)14-2/h11-14,16H,4-10H2,1-3H3. The van der Waals surface area contributed by atoms with Crippen molar-refractivity contribution in [1.29, 1.82) is 0 Å². The first-order valence-corrected chi connectivity index (χ1v) is 6.65. The summed E-state index contributed by atoms with van der Waals surface area (Å²) in [5, 5.41) is 12.2. The van der Waals surface area contributed by atoms with E-state index in [4.69, 9.17) is 5.11 Å². The number of hydrogen-bond donors (Lipinski definition) is 2. The molecule has 1 unspecified atom stereocenters. The molecular weight excluding hydrogens is 200 g/mol. The van der Waals surface area contributed by atoms with Crippen molar-refractivity contribution in [3.8, 4) is 0 Å². The minimum atomic E-state index is 0.242. The van der Waals surface area contributed by atoms with E-state index in [-0.39, 0.29) is 12.6 Å². The largest absolute Gasteiger partial charge is 0.395 e. The Balaban J connectivity index is 2.21. The molecule has 0 radical (unpaired) electrons. The van der Waals surface area contributed by atoms with Gasteiger partial charge in [-0.2, -0.15) is 0 Å². The van der Waals surface area contributed by atoms with Crippen molar-refractivity contribution in [3.05, 3.63) is 0 Å². The van der Waals surface area contributed by atoms with Crippen molar-refractivity contribution in [2.75, 3.05) is 27.2 Å². The fourth-order valence-electron chi connectivity index (χ4n) is 2.55. The molecule has 0 amide bonds. The fourth-order valence-corrected chi connectivity index (χ4v) is 2.55. The van der Waals surface area contributed by atoms with Crippen LogP contribution in [0.4, 0.5) is 0 Å². The molecule has 0 aromatic carbocycles. The maximum atomic E-state index is 9.10. The summed E-state index contributed by atoms with van der Waals surface area (Å²) < 4.78 is 0. The van der Waals surface area contributed by atoms with E-state index < -0.39 is 0 Å². The van der Waals surface area contributed by atoms with Gasteiger partial charge in [0.05, 0.1) is 6.61 Å². The molecule has 0 heterocycles. The quantitative estimate of drug-likeness (QED) is 0.722. The first kappa shape index (κ1) is 13.9. The van der Waals surface area contributed by atoms with Crippen LogP contribution in [0.3, 0.4) is 0 Å². The number of aliphatic hydroxyl groups is 1. The van der Waals surface area contributed by atoms with Crippen LogP contribution in [-0.2, 0) is 0 Å². The van der Waals surface area contributed by atoms with Gasteiger partial charge in [-0.25, -0.2) is 0 Å². The van der Waals surface area contributed by atoms with Crippen LogP contribution in [0.5, 0.6) is 0 Å². The van der Waals surface area contributed by atoms with Gasteiger partial charge in [0, 0.05) is 12.1 Å². The fraction of sp³-hybridized carbons (Fsp3) is 1.00. The highest BCUT2D eigenvalue weighted by Gasteiger charge is 2.21. The van der Waals surface area contributed by atoms with Crippen LogP contribution in [0.25, 0.3) is 0 Å². The molecule has 3 heteroatoms. The van der Waals surface area contributed by atoms with Gasteiger partial charge >= 0.3 is 0 Å². The molecule has 0 saturated heterocycles. The van der Waals surface area contributed by atoms with E-state index >= 15 is 0 Å². The minimum absolute atomic E-state index is 0.242. The normalized spacial score (nSPS) is 28.3. The summed E-state index contributed by atoms with van der Waals surface area (Å²) in [6, 6.07) is 1.03. The predicted molar refractivity (Wildman–Crippen MR) is 68.6 cm³/mol.